The maximum absolute atomic E-state index is 11.9. The van der Waals surface area contributed by atoms with Crippen LogP contribution in [0.1, 0.15) is 0 Å². The molecule has 0 fully saturated rings. The molecule has 0 radical (unpaired) electrons. The van der Waals surface area contributed by atoms with Crippen molar-refractivity contribution in [3.05, 3.63) is 22.7 Å². The Bertz CT molecular complexity index is 699. The molecule has 1 aromatic heterocycles. The number of nitrogens with two attached hydrogens (primary N) is 1. The highest BCUT2D eigenvalue weighted by molar-refractivity contribution is 9.10. The van der Waals surface area contributed by atoms with Gasteiger partial charge in [0.25, 0.3) is 0 Å². The molecule has 1 heterocycles. The van der Waals surface area contributed by atoms with Crippen LogP contribution >= 0.6 is 50.8 Å². The van der Waals surface area contributed by atoms with Gasteiger partial charge in [0.1, 0.15) is 5.40 Å². The van der Waals surface area contributed by atoms with Gasteiger partial charge in [-0.15, -0.1) is 10.2 Å². The number of aromatic nitrogens is 2. The van der Waals surface area contributed by atoms with Gasteiger partial charge in [0.2, 0.25) is 11.0 Å². The highest BCUT2D eigenvalue weighted by Gasteiger charge is 2.09. The molecule has 1 aromatic carbocycles. The Balaban J connectivity index is 1.92. The Morgan fingerprint density at radius 2 is 2.33 bits per heavy atom. The third-order valence-corrected chi connectivity index (χ3v) is 5.25. The highest BCUT2D eigenvalue weighted by atomic mass is 79.9. The lowest BCUT2D eigenvalue weighted by Crippen LogP contribution is -2.14. The van der Waals surface area contributed by atoms with Crippen molar-refractivity contribution >= 4 is 67.5 Å². The Morgan fingerprint density at radius 1 is 1.52 bits per heavy atom. The molecule has 2 aromatic rings. The number of rotatable bonds is 5. The Hall–Kier alpha value is -1.28. The van der Waals surface area contributed by atoms with Crippen LogP contribution < -0.4 is 11.1 Å². The first kappa shape index (κ1) is 16.1. The van der Waals surface area contributed by atoms with Crippen LogP contribution in [0.25, 0.3) is 0 Å². The lowest BCUT2D eigenvalue weighted by molar-refractivity contribution is -0.113. The van der Waals surface area contributed by atoms with Crippen LogP contribution in [-0.2, 0) is 4.79 Å². The fraction of sp³-hybridized carbons (Fsp3) is 0.0909. The number of nitrogen functional groups attached to an aromatic ring is 1. The van der Waals surface area contributed by atoms with Crippen LogP contribution in [0.2, 0.25) is 0 Å². The maximum atomic E-state index is 11.9. The number of anilines is 2. The predicted octanol–water partition coefficient (Wildman–Crippen LogP) is 3.19. The van der Waals surface area contributed by atoms with E-state index in [0.29, 0.717) is 15.2 Å². The monoisotopic (exact) mass is 401 g/mol. The van der Waals surface area contributed by atoms with Gasteiger partial charge in [0, 0.05) is 9.37 Å². The van der Waals surface area contributed by atoms with E-state index in [0.717, 1.165) is 21.1 Å². The molecule has 0 aliphatic heterocycles. The summed E-state index contributed by atoms with van der Waals surface area (Å²) in [6.07, 6.45) is 0. The summed E-state index contributed by atoms with van der Waals surface area (Å²) >= 11 is 6.94. The first-order valence-electron chi connectivity index (χ1n) is 5.45. The zero-order valence-electron chi connectivity index (χ0n) is 10.4. The zero-order chi connectivity index (χ0) is 15.2. The number of nitrogens with one attached hydrogen (secondary N) is 1. The van der Waals surface area contributed by atoms with Crippen LogP contribution in [0, 0.1) is 10.7 Å². The summed E-state index contributed by atoms with van der Waals surface area (Å²) in [5.41, 5.74) is 6.12. The van der Waals surface area contributed by atoms with E-state index in [1.165, 1.54) is 23.1 Å². The van der Waals surface area contributed by atoms with Crippen LogP contribution in [-0.4, -0.2) is 21.9 Å². The van der Waals surface area contributed by atoms with Gasteiger partial charge in [-0.2, -0.15) is 5.26 Å². The van der Waals surface area contributed by atoms with E-state index in [4.69, 9.17) is 11.0 Å². The van der Waals surface area contributed by atoms with Crippen molar-refractivity contribution < 1.29 is 4.79 Å². The van der Waals surface area contributed by atoms with Crippen molar-refractivity contribution in [3.63, 3.8) is 0 Å². The summed E-state index contributed by atoms with van der Waals surface area (Å²) in [5.74, 6) is 0.0608. The number of nitrogens with zero attached hydrogens (tertiary/aromatic N) is 3. The van der Waals surface area contributed by atoms with E-state index in [1.54, 1.807) is 18.2 Å². The molecule has 0 saturated heterocycles. The SMILES string of the molecule is N#CSc1ccc(NC(=O)CSc2nnc(N)s2)c(Br)c1. The number of hydrogen-bond acceptors (Lipinski definition) is 8. The molecule has 21 heavy (non-hydrogen) atoms. The first-order chi connectivity index (χ1) is 10.1. The minimum Gasteiger partial charge on any atom is -0.374 e. The Morgan fingerprint density at radius 3 is 2.95 bits per heavy atom. The summed E-state index contributed by atoms with van der Waals surface area (Å²) in [5, 5.41) is 21.3. The molecule has 0 spiro atoms. The lowest BCUT2D eigenvalue weighted by atomic mass is 10.3. The van der Waals surface area contributed by atoms with Crippen LogP contribution in [0.4, 0.5) is 10.8 Å². The van der Waals surface area contributed by atoms with Gasteiger partial charge in [0.05, 0.1) is 11.4 Å². The number of carbonyl (C=O) groups excluding carboxylic acids is 1. The molecule has 108 valence electrons. The molecule has 6 nitrogen and oxygen atoms in total. The molecule has 0 atom stereocenters. The van der Waals surface area contributed by atoms with E-state index < -0.39 is 0 Å². The van der Waals surface area contributed by atoms with Gasteiger partial charge >= 0.3 is 0 Å². The smallest absolute Gasteiger partial charge is 0.234 e. The number of thiocyanates is 1. The standard InChI is InChI=1S/C11H8BrN5OS3/c12-7-3-6(20-5-13)1-2-8(7)15-9(18)4-19-11-17-16-10(14)21-11/h1-3H,4H2,(H2,14,16)(H,15,18). The number of halogens is 1. The molecular weight excluding hydrogens is 394 g/mol. The Kier molecular flexibility index (Phi) is 5.86. The second-order valence-electron chi connectivity index (χ2n) is 3.58. The van der Waals surface area contributed by atoms with Crippen LogP contribution in [0.15, 0.2) is 31.9 Å². The predicted molar refractivity (Wildman–Crippen MR) is 89.3 cm³/mol. The van der Waals surface area contributed by atoms with Crippen molar-refractivity contribution in [2.45, 2.75) is 9.24 Å². The van der Waals surface area contributed by atoms with E-state index in [9.17, 15) is 4.79 Å². The van der Waals surface area contributed by atoms with Crippen molar-refractivity contribution in [3.8, 4) is 5.40 Å². The average molecular weight is 402 g/mol. The fourth-order valence-corrected chi connectivity index (χ4v) is 3.79. The zero-order valence-corrected chi connectivity index (χ0v) is 14.4. The van der Waals surface area contributed by atoms with E-state index in [2.05, 4.69) is 31.4 Å². The lowest BCUT2D eigenvalue weighted by Gasteiger charge is -2.07. The highest BCUT2D eigenvalue weighted by Crippen LogP contribution is 2.29. The van der Waals surface area contributed by atoms with Gasteiger partial charge in [0.15, 0.2) is 4.34 Å². The summed E-state index contributed by atoms with van der Waals surface area (Å²) in [4.78, 5) is 12.7. The van der Waals surface area contributed by atoms with Gasteiger partial charge in [-0.1, -0.05) is 23.1 Å². The maximum Gasteiger partial charge on any atom is 0.234 e. The second kappa shape index (κ2) is 7.65. The molecule has 10 heteroatoms. The first-order valence-corrected chi connectivity index (χ1v) is 8.87. The number of nitriles is 1. The van der Waals surface area contributed by atoms with Crippen LogP contribution in [0.3, 0.4) is 0 Å². The summed E-state index contributed by atoms with van der Waals surface area (Å²) < 4.78 is 1.38. The number of carbonyl (C=O) groups is 1. The van der Waals surface area contributed by atoms with Crippen molar-refractivity contribution in [1.82, 2.24) is 10.2 Å². The number of hydrogen-bond donors (Lipinski definition) is 2. The third-order valence-electron chi connectivity index (χ3n) is 2.13. The van der Waals surface area contributed by atoms with E-state index in [-0.39, 0.29) is 11.7 Å². The normalized spacial score (nSPS) is 10.1. The van der Waals surface area contributed by atoms with Gasteiger partial charge in [-0.05, 0) is 45.9 Å². The topological polar surface area (TPSA) is 105 Å². The summed E-state index contributed by atoms with van der Waals surface area (Å²) in [6.45, 7) is 0. The molecule has 0 bridgehead atoms. The molecule has 0 saturated carbocycles. The largest absolute Gasteiger partial charge is 0.374 e. The van der Waals surface area contributed by atoms with Crippen molar-refractivity contribution in [1.29, 1.82) is 5.26 Å². The average Bonchev–Trinajstić information content (AvgIpc) is 2.86. The molecule has 3 N–H and O–H groups in total. The molecule has 0 aliphatic carbocycles. The number of amides is 1. The quantitative estimate of drug-likeness (QED) is 0.585. The number of benzene rings is 1. The molecule has 1 amide bonds. The second-order valence-corrected chi connectivity index (χ2v) is 7.52. The molecular formula is C11H8BrN5OS3. The van der Waals surface area contributed by atoms with E-state index in [1.807, 2.05) is 5.40 Å². The van der Waals surface area contributed by atoms with Gasteiger partial charge < -0.3 is 11.1 Å². The number of thioether (sulfide) groups is 2. The summed E-state index contributed by atoms with van der Waals surface area (Å²) in [6, 6.07) is 5.30. The van der Waals surface area contributed by atoms with Crippen LogP contribution in [0.5, 0.6) is 0 Å². The van der Waals surface area contributed by atoms with Crippen molar-refractivity contribution in [2.24, 2.45) is 0 Å². The minimum atomic E-state index is -0.157. The van der Waals surface area contributed by atoms with Gasteiger partial charge in [-0.3, -0.25) is 4.79 Å². The summed E-state index contributed by atoms with van der Waals surface area (Å²) in [7, 11) is 0. The molecule has 0 aliphatic rings. The fourth-order valence-electron chi connectivity index (χ4n) is 1.31. The molecule has 2 rings (SSSR count). The van der Waals surface area contributed by atoms with Crippen molar-refractivity contribution in [2.75, 3.05) is 16.8 Å². The van der Waals surface area contributed by atoms with Gasteiger partial charge in [-0.25, -0.2) is 0 Å². The third kappa shape index (κ3) is 4.89. The molecule has 0 unspecified atom stereocenters. The Labute approximate surface area is 141 Å². The van der Waals surface area contributed by atoms with E-state index >= 15 is 0 Å². The minimum absolute atomic E-state index is 0.157.